The van der Waals surface area contributed by atoms with E-state index in [2.05, 4.69) is 0 Å². The molecule has 1 aromatic carbocycles. The second-order valence-electron chi connectivity index (χ2n) is 5.30. The molecule has 5 nitrogen and oxygen atoms in total. The Morgan fingerprint density at radius 3 is 2.79 bits per heavy atom. The maximum absolute atomic E-state index is 10.1. The van der Waals surface area contributed by atoms with Gasteiger partial charge in [0.15, 0.2) is 0 Å². The van der Waals surface area contributed by atoms with Crippen molar-refractivity contribution in [2.75, 3.05) is 6.61 Å². The predicted octanol–water partition coefficient (Wildman–Crippen LogP) is -0.0149. The van der Waals surface area contributed by atoms with Crippen molar-refractivity contribution in [3.63, 3.8) is 0 Å². The molecule has 5 unspecified atom stereocenters. The number of hydrogen-bond donors (Lipinski definition) is 3. The van der Waals surface area contributed by atoms with Crippen LogP contribution in [0.5, 0.6) is 5.75 Å². The molecule has 2 heterocycles. The minimum absolute atomic E-state index is 0.312. The van der Waals surface area contributed by atoms with E-state index in [9.17, 15) is 10.2 Å². The molecule has 0 aromatic heterocycles. The fraction of sp³-hybridized carbons (Fsp3) is 0.571. The van der Waals surface area contributed by atoms with E-state index in [1.807, 2.05) is 25.1 Å². The average molecular weight is 266 g/mol. The van der Waals surface area contributed by atoms with Gasteiger partial charge in [-0.15, -0.1) is 0 Å². The van der Waals surface area contributed by atoms with Crippen LogP contribution in [0, 0.1) is 12.8 Å². The SMILES string of the molecule is Cc1ccc2c(c1)OC1OC(CO)C(O)C(O)C1C2. The lowest BCUT2D eigenvalue weighted by molar-refractivity contribution is -0.264. The monoisotopic (exact) mass is 266 g/mol. The summed E-state index contributed by atoms with van der Waals surface area (Å²) in [6, 6.07) is 5.89. The molecule has 0 saturated carbocycles. The van der Waals surface area contributed by atoms with Gasteiger partial charge in [-0.3, -0.25) is 0 Å². The Hall–Kier alpha value is -1.14. The summed E-state index contributed by atoms with van der Waals surface area (Å²) >= 11 is 0. The van der Waals surface area contributed by atoms with Gasteiger partial charge in [0.1, 0.15) is 18.0 Å². The van der Waals surface area contributed by atoms with Crippen LogP contribution in [-0.4, -0.2) is 46.5 Å². The second-order valence-corrected chi connectivity index (χ2v) is 5.30. The van der Waals surface area contributed by atoms with Gasteiger partial charge >= 0.3 is 0 Å². The summed E-state index contributed by atoms with van der Waals surface area (Å²) in [6.07, 6.45) is -2.86. The van der Waals surface area contributed by atoms with E-state index >= 15 is 0 Å². The molecule has 0 spiro atoms. The lowest BCUT2D eigenvalue weighted by Gasteiger charge is -2.44. The summed E-state index contributed by atoms with van der Waals surface area (Å²) in [5.74, 6) is 0.439. The Bertz CT molecular complexity index is 475. The largest absolute Gasteiger partial charge is 0.464 e. The molecule has 3 N–H and O–H groups in total. The van der Waals surface area contributed by atoms with Gasteiger partial charge in [-0.1, -0.05) is 12.1 Å². The van der Waals surface area contributed by atoms with Gasteiger partial charge in [-0.05, 0) is 30.5 Å². The lowest BCUT2D eigenvalue weighted by atomic mass is 9.84. The number of rotatable bonds is 1. The molecule has 19 heavy (non-hydrogen) atoms. The third-order valence-electron chi connectivity index (χ3n) is 3.93. The van der Waals surface area contributed by atoms with Crippen molar-refractivity contribution in [1.29, 1.82) is 0 Å². The molecule has 1 saturated heterocycles. The van der Waals surface area contributed by atoms with E-state index < -0.39 is 24.6 Å². The lowest BCUT2D eigenvalue weighted by Crippen LogP contribution is -2.58. The summed E-state index contributed by atoms with van der Waals surface area (Å²) in [5, 5.41) is 29.2. The zero-order valence-electron chi connectivity index (χ0n) is 10.7. The van der Waals surface area contributed by atoms with Crippen LogP contribution in [0.4, 0.5) is 0 Å². The van der Waals surface area contributed by atoms with Gasteiger partial charge in [0.2, 0.25) is 6.29 Å². The maximum atomic E-state index is 10.1. The van der Waals surface area contributed by atoms with Crippen molar-refractivity contribution in [3.05, 3.63) is 29.3 Å². The Morgan fingerprint density at radius 2 is 2.05 bits per heavy atom. The molecule has 0 amide bonds. The van der Waals surface area contributed by atoms with Crippen LogP contribution in [0.15, 0.2) is 18.2 Å². The van der Waals surface area contributed by atoms with Crippen LogP contribution in [0.3, 0.4) is 0 Å². The number of aliphatic hydroxyl groups is 3. The summed E-state index contributed by atoms with van der Waals surface area (Å²) in [6.45, 7) is 1.64. The van der Waals surface area contributed by atoms with Crippen LogP contribution in [-0.2, 0) is 11.2 Å². The maximum Gasteiger partial charge on any atom is 0.206 e. The van der Waals surface area contributed by atoms with Crippen LogP contribution in [0.1, 0.15) is 11.1 Å². The quantitative estimate of drug-likeness (QED) is 0.666. The van der Waals surface area contributed by atoms with Gasteiger partial charge in [-0.25, -0.2) is 0 Å². The van der Waals surface area contributed by atoms with Crippen LogP contribution < -0.4 is 4.74 Å². The first-order valence-electron chi connectivity index (χ1n) is 6.49. The zero-order valence-corrected chi connectivity index (χ0v) is 10.7. The Balaban J connectivity index is 1.89. The molecule has 104 valence electrons. The molecule has 5 atom stereocenters. The van der Waals surface area contributed by atoms with E-state index in [4.69, 9.17) is 14.6 Å². The number of aryl methyl sites for hydroxylation is 1. The zero-order chi connectivity index (χ0) is 13.6. The predicted molar refractivity (Wildman–Crippen MR) is 66.8 cm³/mol. The second kappa shape index (κ2) is 4.76. The van der Waals surface area contributed by atoms with Crippen molar-refractivity contribution in [3.8, 4) is 5.75 Å². The number of ether oxygens (including phenoxy) is 2. The third-order valence-corrected chi connectivity index (χ3v) is 3.93. The number of benzene rings is 1. The Labute approximate surface area is 111 Å². The van der Waals surface area contributed by atoms with Gasteiger partial charge in [0, 0.05) is 0 Å². The van der Waals surface area contributed by atoms with Crippen LogP contribution in [0.2, 0.25) is 0 Å². The van der Waals surface area contributed by atoms with E-state index in [1.165, 1.54) is 0 Å². The minimum atomic E-state index is -1.08. The van der Waals surface area contributed by atoms with Crippen molar-refractivity contribution >= 4 is 0 Å². The molecule has 3 rings (SSSR count). The van der Waals surface area contributed by atoms with Gasteiger partial charge in [0.25, 0.3) is 0 Å². The highest BCUT2D eigenvalue weighted by Crippen LogP contribution is 2.38. The molecule has 0 aliphatic carbocycles. The van der Waals surface area contributed by atoms with Crippen LogP contribution >= 0.6 is 0 Å². The van der Waals surface area contributed by atoms with E-state index in [0.29, 0.717) is 6.42 Å². The van der Waals surface area contributed by atoms with Gasteiger partial charge < -0.3 is 24.8 Å². The van der Waals surface area contributed by atoms with Crippen molar-refractivity contribution in [2.45, 2.75) is 37.9 Å². The first kappa shape index (κ1) is 12.9. The molecule has 5 heteroatoms. The van der Waals surface area contributed by atoms with Gasteiger partial charge in [-0.2, -0.15) is 0 Å². The van der Waals surface area contributed by atoms with Crippen molar-refractivity contribution in [1.82, 2.24) is 0 Å². The first-order valence-corrected chi connectivity index (χ1v) is 6.49. The fourth-order valence-corrected chi connectivity index (χ4v) is 2.79. The standard InChI is InChI=1S/C14H18O5/c1-7-2-3-8-5-9-12(16)13(17)11(6-15)19-14(9)18-10(8)4-7/h2-4,9,11-17H,5-6H2,1H3. The first-order chi connectivity index (χ1) is 9.10. The number of hydrogen-bond acceptors (Lipinski definition) is 5. The minimum Gasteiger partial charge on any atom is -0.464 e. The fourth-order valence-electron chi connectivity index (χ4n) is 2.79. The molecular weight excluding hydrogens is 248 g/mol. The van der Waals surface area contributed by atoms with Crippen LogP contribution in [0.25, 0.3) is 0 Å². The number of fused-ring (bicyclic) bond motifs is 2. The summed E-state index contributed by atoms with van der Waals surface area (Å²) in [5.41, 5.74) is 2.09. The van der Waals surface area contributed by atoms with E-state index in [1.54, 1.807) is 0 Å². The Kier molecular flexibility index (Phi) is 3.22. The summed E-state index contributed by atoms with van der Waals surface area (Å²) in [4.78, 5) is 0. The molecular formula is C14H18O5. The highest BCUT2D eigenvalue weighted by atomic mass is 16.7. The molecule has 2 aliphatic heterocycles. The molecule has 0 radical (unpaired) electrons. The van der Waals surface area contributed by atoms with E-state index in [0.717, 1.165) is 16.9 Å². The Morgan fingerprint density at radius 1 is 1.26 bits per heavy atom. The highest BCUT2D eigenvalue weighted by Gasteiger charge is 2.47. The van der Waals surface area contributed by atoms with Crippen molar-refractivity contribution in [2.24, 2.45) is 5.92 Å². The van der Waals surface area contributed by atoms with E-state index in [-0.39, 0.29) is 12.5 Å². The third kappa shape index (κ3) is 2.12. The molecule has 1 aromatic rings. The summed E-state index contributed by atoms with van der Waals surface area (Å²) < 4.78 is 11.3. The van der Waals surface area contributed by atoms with Gasteiger partial charge in [0.05, 0.1) is 18.6 Å². The smallest absolute Gasteiger partial charge is 0.206 e. The highest BCUT2D eigenvalue weighted by molar-refractivity contribution is 5.39. The summed E-state index contributed by atoms with van der Waals surface area (Å²) in [7, 11) is 0. The van der Waals surface area contributed by atoms with Crippen molar-refractivity contribution < 1.29 is 24.8 Å². The average Bonchev–Trinajstić information content (AvgIpc) is 2.41. The molecule has 2 aliphatic rings. The number of aliphatic hydroxyl groups excluding tert-OH is 3. The molecule has 1 fully saturated rings. The molecule has 0 bridgehead atoms. The normalized spacial score (nSPS) is 37.2. The topological polar surface area (TPSA) is 79.2 Å².